The fourth-order valence-corrected chi connectivity index (χ4v) is 3.71. The molecule has 1 heterocycles. The van der Waals surface area contributed by atoms with E-state index in [2.05, 4.69) is 31.9 Å². The van der Waals surface area contributed by atoms with Gasteiger partial charge in [-0.05, 0) is 24.6 Å². The standard InChI is InChI=1S/C14H17Br2N3O2/c15-11-6-10(7-12(16)8-11)14(21)19-3-1-2-18(4-5-19)9-13(17)20/h6-8H,1-5,9H2,(H2,17,20). The highest BCUT2D eigenvalue weighted by molar-refractivity contribution is 9.11. The number of hydrogen-bond donors (Lipinski definition) is 1. The highest BCUT2D eigenvalue weighted by Crippen LogP contribution is 2.21. The van der Waals surface area contributed by atoms with Crippen LogP contribution in [0, 0.1) is 0 Å². The summed E-state index contributed by atoms with van der Waals surface area (Å²) in [4.78, 5) is 27.4. The number of nitrogens with two attached hydrogens (primary N) is 1. The van der Waals surface area contributed by atoms with Crippen LogP contribution in [0.2, 0.25) is 0 Å². The van der Waals surface area contributed by atoms with Crippen molar-refractivity contribution < 1.29 is 9.59 Å². The second-order valence-electron chi connectivity index (χ2n) is 5.05. The van der Waals surface area contributed by atoms with Gasteiger partial charge in [-0.25, -0.2) is 0 Å². The van der Waals surface area contributed by atoms with E-state index in [1.807, 2.05) is 28.0 Å². The number of carbonyl (C=O) groups excluding carboxylic acids is 2. The molecule has 0 spiro atoms. The first-order chi connectivity index (χ1) is 9.95. The van der Waals surface area contributed by atoms with E-state index in [-0.39, 0.29) is 18.4 Å². The number of nitrogens with zero attached hydrogens (tertiary/aromatic N) is 2. The summed E-state index contributed by atoms with van der Waals surface area (Å²) in [5, 5.41) is 0. The molecule has 0 unspecified atom stereocenters. The summed E-state index contributed by atoms with van der Waals surface area (Å²) in [6.45, 7) is 3.01. The Labute approximate surface area is 140 Å². The quantitative estimate of drug-likeness (QED) is 0.814. The fraction of sp³-hybridized carbons (Fsp3) is 0.429. The van der Waals surface area contributed by atoms with Crippen LogP contribution < -0.4 is 5.73 Å². The third-order valence-corrected chi connectivity index (χ3v) is 4.28. The minimum atomic E-state index is -0.328. The van der Waals surface area contributed by atoms with E-state index in [9.17, 15) is 9.59 Å². The molecule has 7 heteroatoms. The molecule has 0 aromatic heterocycles. The molecular formula is C14H17Br2N3O2. The summed E-state index contributed by atoms with van der Waals surface area (Å²) in [6.07, 6.45) is 0.841. The predicted molar refractivity (Wildman–Crippen MR) is 88.0 cm³/mol. The molecule has 1 aromatic rings. The lowest BCUT2D eigenvalue weighted by Crippen LogP contribution is -2.38. The van der Waals surface area contributed by atoms with Crippen LogP contribution in [0.3, 0.4) is 0 Å². The van der Waals surface area contributed by atoms with Crippen LogP contribution in [0.5, 0.6) is 0 Å². The summed E-state index contributed by atoms with van der Waals surface area (Å²) >= 11 is 6.79. The molecule has 0 radical (unpaired) electrons. The third-order valence-electron chi connectivity index (χ3n) is 3.36. The van der Waals surface area contributed by atoms with Crippen molar-refractivity contribution >= 4 is 43.7 Å². The van der Waals surface area contributed by atoms with Crippen molar-refractivity contribution in [3.8, 4) is 0 Å². The van der Waals surface area contributed by atoms with E-state index in [1.54, 1.807) is 0 Å². The van der Waals surface area contributed by atoms with Crippen LogP contribution in [0.1, 0.15) is 16.8 Å². The van der Waals surface area contributed by atoms with Crippen LogP contribution in [0.25, 0.3) is 0 Å². The van der Waals surface area contributed by atoms with Crippen molar-refractivity contribution in [1.29, 1.82) is 0 Å². The van der Waals surface area contributed by atoms with E-state index in [0.29, 0.717) is 25.2 Å². The van der Waals surface area contributed by atoms with Gasteiger partial charge in [0.2, 0.25) is 5.91 Å². The summed E-state index contributed by atoms with van der Waals surface area (Å²) in [5.74, 6) is -0.316. The van der Waals surface area contributed by atoms with Gasteiger partial charge >= 0.3 is 0 Å². The van der Waals surface area contributed by atoms with Gasteiger partial charge in [0.05, 0.1) is 6.54 Å². The van der Waals surface area contributed by atoms with Crippen molar-refractivity contribution in [3.63, 3.8) is 0 Å². The number of carbonyl (C=O) groups is 2. The Hall–Kier alpha value is -0.920. The first-order valence-electron chi connectivity index (χ1n) is 6.72. The average molecular weight is 419 g/mol. The molecule has 1 saturated heterocycles. The van der Waals surface area contributed by atoms with E-state index < -0.39 is 0 Å². The largest absolute Gasteiger partial charge is 0.369 e. The maximum atomic E-state index is 12.6. The summed E-state index contributed by atoms with van der Waals surface area (Å²) in [7, 11) is 0. The van der Waals surface area contributed by atoms with E-state index in [1.165, 1.54) is 0 Å². The molecule has 0 atom stereocenters. The summed E-state index contributed by atoms with van der Waals surface area (Å²) in [6, 6.07) is 5.53. The van der Waals surface area contributed by atoms with Gasteiger partial charge in [0, 0.05) is 40.7 Å². The molecule has 1 aromatic carbocycles. The van der Waals surface area contributed by atoms with Gasteiger partial charge in [-0.3, -0.25) is 14.5 Å². The van der Waals surface area contributed by atoms with Crippen molar-refractivity contribution in [2.45, 2.75) is 6.42 Å². The number of halogens is 2. The van der Waals surface area contributed by atoms with Gasteiger partial charge in [-0.1, -0.05) is 31.9 Å². The molecule has 0 bridgehead atoms. The maximum absolute atomic E-state index is 12.6. The van der Waals surface area contributed by atoms with E-state index in [4.69, 9.17) is 5.73 Å². The van der Waals surface area contributed by atoms with Crippen LogP contribution in [0.4, 0.5) is 0 Å². The van der Waals surface area contributed by atoms with Gasteiger partial charge in [-0.15, -0.1) is 0 Å². The Balaban J connectivity index is 2.04. The smallest absolute Gasteiger partial charge is 0.253 e. The number of amides is 2. The number of primary amides is 1. The lowest BCUT2D eigenvalue weighted by atomic mass is 10.2. The van der Waals surface area contributed by atoms with Crippen LogP contribution >= 0.6 is 31.9 Å². The zero-order valence-corrected chi connectivity index (χ0v) is 14.7. The summed E-state index contributed by atoms with van der Waals surface area (Å²) in [5.41, 5.74) is 5.87. The highest BCUT2D eigenvalue weighted by atomic mass is 79.9. The van der Waals surface area contributed by atoms with Crippen LogP contribution in [-0.4, -0.2) is 54.3 Å². The Morgan fingerprint density at radius 1 is 1.05 bits per heavy atom. The Bertz CT molecular complexity index is 531. The maximum Gasteiger partial charge on any atom is 0.253 e. The minimum absolute atomic E-state index is 0.0120. The molecule has 1 aliphatic heterocycles. The molecule has 21 heavy (non-hydrogen) atoms. The lowest BCUT2D eigenvalue weighted by Gasteiger charge is -2.21. The first-order valence-corrected chi connectivity index (χ1v) is 8.30. The lowest BCUT2D eigenvalue weighted by molar-refractivity contribution is -0.119. The van der Waals surface area contributed by atoms with Gasteiger partial charge < -0.3 is 10.6 Å². The molecule has 1 aliphatic rings. The highest BCUT2D eigenvalue weighted by Gasteiger charge is 2.21. The Kier molecular flexibility index (Phi) is 5.78. The average Bonchev–Trinajstić information content (AvgIpc) is 2.61. The molecule has 0 saturated carbocycles. The molecule has 1 fully saturated rings. The van der Waals surface area contributed by atoms with Crippen molar-refractivity contribution in [1.82, 2.24) is 9.80 Å². The fourth-order valence-electron chi connectivity index (χ4n) is 2.41. The molecule has 114 valence electrons. The Morgan fingerprint density at radius 2 is 1.71 bits per heavy atom. The van der Waals surface area contributed by atoms with E-state index >= 15 is 0 Å². The first kappa shape index (κ1) is 16.5. The zero-order valence-electron chi connectivity index (χ0n) is 11.5. The topological polar surface area (TPSA) is 66.6 Å². The number of hydrogen-bond acceptors (Lipinski definition) is 3. The number of rotatable bonds is 3. The Morgan fingerprint density at radius 3 is 2.33 bits per heavy atom. The minimum Gasteiger partial charge on any atom is -0.369 e. The van der Waals surface area contributed by atoms with Gasteiger partial charge in [0.25, 0.3) is 5.91 Å². The monoisotopic (exact) mass is 417 g/mol. The SMILES string of the molecule is NC(=O)CN1CCCN(C(=O)c2cc(Br)cc(Br)c2)CC1. The van der Waals surface area contributed by atoms with Gasteiger partial charge in [0.1, 0.15) is 0 Å². The molecule has 0 aliphatic carbocycles. The second-order valence-corrected chi connectivity index (χ2v) is 6.88. The predicted octanol–water partition coefficient (Wildman–Crippen LogP) is 1.84. The zero-order chi connectivity index (χ0) is 15.4. The second kappa shape index (κ2) is 7.38. The van der Waals surface area contributed by atoms with E-state index in [0.717, 1.165) is 21.9 Å². The van der Waals surface area contributed by atoms with Gasteiger partial charge in [-0.2, -0.15) is 0 Å². The number of benzene rings is 1. The third kappa shape index (κ3) is 4.79. The van der Waals surface area contributed by atoms with Crippen molar-refractivity contribution in [3.05, 3.63) is 32.7 Å². The molecule has 2 amide bonds. The molecule has 2 N–H and O–H groups in total. The van der Waals surface area contributed by atoms with Crippen LogP contribution in [0.15, 0.2) is 27.1 Å². The van der Waals surface area contributed by atoms with Crippen molar-refractivity contribution in [2.75, 3.05) is 32.7 Å². The van der Waals surface area contributed by atoms with Gasteiger partial charge in [0.15, 0.2) is 0 Å². The molecular weight excluding hydrogens is 402 g/mol. The van der Waals surface area contributed by atoms with Crippen molar-refractivity contribution in [2.24, 2.45) is 5.73 Å². The molecule has 2 rings (SSSR count). The summed E-state index contributed by atoms with van der Waals surface area (Å²) < 4.78 is 1.73. The van der Waals surface area contributed by atoms with Crippen LogP contribution in [-0.2, 0) is 4.79 Å². The normalized spacial score (nSPS) is 16.6. The molecule has 5 nitrogen and oxygen atoms in total.